The maximum absolute atomic E-state index is 6.85. The largest absolute Gasteiger partial charge is 0.456 e. The molecule has 0 radical (unpaired) electrons. The highest BCUT2D eigenvalue weighted by Crippen LogP contribution is 2.46. The average Bonchev–Trinajstić information content (AvgIpc) is 1.68. The Morgan fingerprint density at radius 3 is 1.82 bits per heavy atom. The predicted molar refractivity (Wildman–Crippen MR) is 340 cm³/mol. The van der Waals surface area contributed by atoms with Crippen molar-refractivity contribution in [3.8, 4) is 68.4 Å². The Morgan fingerprint density at radius 2 is 1.10 bits per heavy atom. The first-order chi connectivity index (χ1) is 42.9. The summed E-state index contributed by atoms with van der Waals surface area (Å²) in [5, 5.41) is 30.6. The summed E-state index contributed by atoms with van der Waals surface area (Å²) >= 11 is 1.67. The number of allylic oxidation sites excluding steroid dienone is 2. The molecule has 414 valence electrons. The molecule has 87 heavy (non-hydrogen) atoms. The van der Waals surface area contributed by atoms with Crippen LogP contribution in [0.2, 0.25) is 0 Å². The van der Waals surface area contributed by atoms with Crippen molar-refractivity contribution in [3.05, 3.63) is 217 Å². The number of nitrogens with zero attached hydrogens (tertiary/aromatic N) is 11. The molecule has 1 unspecified atom stereocenters. The third-order valence-electron chi connectivity index (χ3n) is 16.8. The topological polar surface area (TPSA) is 186 Å². The Hall–Kier alpha value is -11.4. The molecule has 1 aliphatic heterocycles. The van der Waals surface area contributed by atoms with Gasteiger partial charge < -0.3 is 27.1 Å². The average molecular weight is 1150 g/mol. The van der Waals surface area contributed by atoms with Gasteiger partial charge in [0.1, 0.15) is 22.6 Å². The van der Waals surface area contributed by atoms with E-state index in [-0.39, 0.29) is 6.23 Å². The summed E-state index contributed by atoms with van der Waals surface area (Å²) < 4.78 is 32.6. The van der Waals surface area contributed by atoms with Crippen molar-refractivity contribution < 1.29 is 18.0 Å². The van der Waals surface area contributed by atoms with Crippen LogP contribution in [0, 0.1) is 13.8 Å². The Bertz CT molecular complexity index is 5650. The van der Waals surface area contributed by atoms with Gasteiger partial charge in [-0.2, -0.15) is 0 Å². The lowest BCUT2D eigenvalue weighted by Gasteiger charge is -2.14. The molecule has 16 nitrogen and oxygen atoms in total. The van der Waals surface area contributed by atoms with Gasteiger partial charge in [-0.25, -0.2) is 0 Å². The number of hydrogen-bond acceptors (Lipinski definition) is 15. The van der Waals surface area contributed by atoms with Crippen LogP contribution in [-0.2, 0) is 4.74 Å². The highest BCUT2D eigenvalue weighted by molar-refractivity contribution is 7.25. The van der Waals surface area contributed by atoms with Crippen molar-refractivity contribution in [2.45, 2.75) is 32.9 Å². The Morgan fingerprint density at radius 1 is 0.483 bits per heavy atom. The van der Waals surface area contributed by atoms with E-state index in [9.17, 15) is 0 Å². The summed E-state index contributed by atoms with van der Waals surface area (Å²) in [5.74, 6) is 2.07. The van der Waals surface area contributed by atoms with Crippen molar-refractivity contribution in [2.24, 2.45) is 5.10 Å². The van der Waals surface area contributed by atoms with Crippen molar-refractivity contribution in [3.63, 3.8) is 0 Å². The minimum absolute atomic E-state index is 0.328. The number of nitrogens with one attached hydrogen (secondary N) is 1. The van der Waals surface area contributed by atoms with Gasteiger partial charge in [0.2, 0.25) is 23.9 Å². The normalized spacial score (nSPS) is 14.4. The third kappa shape index (κ3) is 7.79. The van der Waals surface area contributed by atoms with Crippen LogP contribution in [0.25, 0.3) is 154 Å². The second-order valence-corrected chi connectivity index (χ2v) is 23.1. The molecular weight excluding hydrogens is 1100 g/mol. The first-order valence-electron chi connectivity index (χ1n) is 28.5. The van der Waals surface area contributed by atoms with E-state index in [1.54, 1.807) is 11.3 Å². The predicted octanol–water partition coefficient (Wildman–Crippen LogP) is 16.3. The standard InChI is InChI=1S/C70H44N12O4S/c1-37-24-43(27-48-49-28-44(25-38(2)64(49)83-63(37)48)82-59-21-23-72-34-52(59)53-35-73-55(31-60(53)82)69-79-76-66(85-69)40-14-8-4-9-15-40)81-57-19-18-42(26-46(57)51-33-71-22-20-58(51)81)45-29-47-54-36-74-56(70-80-77-67(86-70)41-16-10-5-11-17-41)32-62(54)87-61(47)30-50(45)68-78-75-65(84-68)39-12-6-3-7-13-39/h3-4,6-10,12-36,67,77H,5,11H2,1-2H3. The van der Waals surface area contributed by atoms with Crippen LogP contribution in [0.3, 0.4) is 0 Å². The molecule has 1 atom stereocenters. The number of rotatable bonds is 9. The minimum Gasteiger partial charge on any atom is -0.456 e. The number of hydrogen-bond donors (Lipinski definition) is 1. The maximum atomic E-state index is 6.85. The number of fused-ring (bicyclic) bond motifs is 12. The molecule has 10 aromatic heterocycles. The van der Waals surface area contributed by atoms with Gasteiger partial charge in [-0.3, -0.25) is 25.4 Å². The van der Waals surface area contributed by atoms with Gasteiger partial charge in [-0.05, 0) is 146 Å². The van der Waals surface area contributed by atoms with E-state index in [0.29, 0.717) is 40.8 Å². The van der Waals surface area contributed by atoms with E-state index in [1.165, 1.54) is 0 Å². The number of hydrazone groups is 1. The van der Waals surface area contributed by atoms with Gasteiger partial charge in [0.25, 0.3) is 11.8 Å². The number of aromatic nitrogens is 10. The fourth-order valence-corrected chi connectivity index (χ4v) is 13.8. The van der Waals surface area contributed by atoms with E-state index in [4.69, 9.17) is 38.0 Å². The molecule has 6 aromatic carbocycles. The van der Waals surface area contributed by atoms with E-state index in [0.717, 1.165) is 154 Å². The van der Waals surface area contributed by atoms with Crippen LogP contribution >= 0.6 is 11.3 Å². The quantitative estimate of drug-likeness (QED) is 0.144. The number of pyridine rings is 4. The van der Waals surface area contributed by atoms with Gasteiger partial charge >= 0.3 is 0 Å². The van der Waals surface area contributed by atoms with Crippen LogP contribution in [0.15, 0.2) is 219 Å². The van der Waals surface area contributed by atoms with Crippen LogP contribution in [0.4, 0.5) is 0 Å². The van der Waals surface area contributed by atoms with Crippen molar-refractivity contribution in [2.75, 3.05) is 0 Å². The van der Waals surface area contributed by atoms with Crippen molar-refractivity contribution >= 4 is 103 Å². The summed E-state index contributed by atoms with van der Waals surface area (Å²) in [5.41, 5.74) is 19.3. The summed E-state index contributed by atoms with van der Waals surface area (Å²) in [7, 11) is 0. The van der Waals surface area contributed by atoms with Gasteiger partial charge in [0.05, 0.1) is 22.1 Å². The maximum Gasteiger partial charge on any atom is 0.266 e. The lowest BCUT2D eigenvalue weighted by molar-refractivity contribution is 0.228. The molecule has 0 amide bonds. The van der Waals surface area contributed by atoms with Crippen LogP contribution in [0.1, 0.15) is 29.7 Å². The molecule has 17 heteroatoms. The lowest BCUT2D eigenvalue weighted by Crippen LogP contribution is -2.24. The monoisotopic (exact) mass is 1150 g/mol. The van der Waals surface area contributed by atoms with Crippen LogP contribution < -0.4 is 5.43 Å². The van der Waals surface area contributed by atoms with Gasteiger partial charge in [-0.1, -0.05) is 60.7 Å². The second-order valence-electron chi connectivity index (χ2n) is 22.0. The van der Waals surface area contributed by atoms with E-state index < -0.39 is 0 Å². The van der Waals surface area contributed by atoms with Gasteiger partial charge in [0, 0.05) is 123 Å². The molecule has 1 N–H and O–H groups in total. The molecule has 0 fully saturated rings. The molecule has 16 aromatic rings. The molecule has 18 rings (SSSR count). The molecule has 1 aliphatic carbocycles. The van der Waals surface area contributed by atoms with E-state index >= 15 is 0 Å². The Labute approximate surface area is 497 Å². The lowest BCUT2D eigenvalue weighted by atomic mass is 9.96. The zero-order valence-electron chi connectivity index (χ0n) is 46.4. The molecule has 0 saturated carbocycles. The first-order valence-corrected chi connectivity index (χ1v) is 29.4. The number of ether oxygens (including phenoxy) is 1. The molecular formula is C70H44N12O4S. The van der Waals surface area contributed by atoms with Crippen LogP contribution in [0.5, 0.6) is 0 Å². The molecule has 0 bridgehead atoms. The van der Waals surface area contributed by atoms with Gasteiger partial charge in [-0.15, -0.1) is 36.8 Å². The highest BCUT2D eigenvalue weighted by atomic mass is 32.1. The molecule has 0 saturated heterocycles. The minimum atomic E-state index is -0.352. The summed E-state index contributed by atoms with van der Waals surface area (Å²) in [4.78, 5) is 19.0. The summed E-state index contributed by atoms with van der Waals surface area (Å²) in [6.07, 6.45) is 19.4. The molecule has 11 heterocycles. The fourth-order valence-electron chi connectivity index (χ4n) is 12.7. The highest BCUT2D eigenvalue weighted by Gasteiger charge is 2.27. The number of benzene rings is 6. The van der Waals surface area contributed by atoms with E-state index in [1.807, 2.05) is 110 Å². The van der Waals surface area contributed by atoms with E-state index in [2.05, 4.69) is 139 Å². The Kier molecular flexibility index (Phi) is 10.7. The third-order valence-corrected chi connectivity index (χ3v) is 17.9. The second kappa shape index (κ2) is 19.0. The van der Waals surface area contributed by atoms with Crippen molar-refractivity contribution in [1.82, 2.24) is 54.9 Å². The Balaban J connectivity index is 0.769. The first kappa shape index (κ1) is 49.0. The zero-order chi connectivity index (χ0) is 57.4. The summed E-state index contributed by atoms with van der Waals surface area (Å²) in [6.45, 7) is 4.22. The molecule has 0 spiro atoms. The smallest absolute Gasteiger partial charge is 0.266 e. The van der Waals surface area contributed by atoms with Gasteiger partial charge in [0.15, 0.2) is 0 Å². The number of furan rings is 1. The SMILES string of the molecule is Cc1cc(-n2c3ccncc3c3cc(-c4cc5c(cc4-c4nnc(-c6ccccc6)o4)sc4cc(C6=NNC(C7=CCCC=C7)O6)ncc45)ccc32)cc2c1oc1c(C)cc(-n3c4ccncc4c4cnc(-c5nnc(-c6ccccc6)o5)cc43)cc12. The van der Waals surface area contributed by atoms with Crippen molar-refractivity contribution in [1.29, 1.82) is 0 Å². The number of aryl methyl sites for hydroxylation is 2. The zero-order valence-corrected chi connectivity index (χ0v) is 47.2. The fraction of sp³-hybridized carbons (Fsp3) is 0.0714. The summed E-state index contributed by atoms with van der Waals surface area (Å²) in [6, 6.07) is 47.7. The van der Waals surface area contributed by atoms with Crippen LogP contribution in [-0.4, -0.2) is 61.6 Å². The number of thiophene rings is 1. The molecule has 2 aliphatic rings.